The van der Waals surface area contributed by atoms with Gasteiger partial charge in [-0.2, -0.15) is 18.3 Å². The lowest BCUT2D eigenvalue weighted by molar-refractivity contribution is -0.141. The van der Waals surface area contributed by atoms with Gasteiger partial charge in [0.05, 0.1) is 16.3 Å². The molecular formula is C19H15Cl2F3N6O2. The number of carbonyl (C=O) groups excluding carboxylic acids is 2. The Kier molecular flexibility index (Phi) is 6.70. The normalized spacial score (nSPS) is 11.5. The Bertz CT molecular complexity index is 1180. The molecule has 0 aliphatic heterocycles. The molecule has 2 N–H and O–H groups in total. The van der Waals surface area contributed by atoms with E-state index in [1.54, 1.807) is 13.8 Å². The quantitative estimate of drug-likeness (QED) is 0.521. The van der Waals surface area contributed by atoms with Crippen LogP contribution < -0.4 is 10.6 Å². The van der Waals surface area contributed by atoms with Crippen molar-refractivity contribution in [2.45, 2.75) is 26.1 Å². The molecule has 32 heavy (non-hydrogen) atoms. The van der Waals surface area contributed by atoms with Gasteiger partial charge >= 0.3 is 6.18 Å². The summed E-state index contributed by atoms with van der Waals surface area (Å²) in [7, 11) is 0. The zero-order valence-electron chi connectivity index (χ0n) is 16.5. The van der Waals surface area contributed by atoms with Gasteiger partial charge < -0.3 is 10.6 Å². The highest BCUT2D eigenvalue weighted by molar-refractivity contribution is 6.34. The van der Waals surface area contributed by atoms with E-state index < -0.39 is 29.4 Å². The van der Waals surface area contributed by atoms with Gasteiger partial charge in [0.1, 0.15) is 5.69 Å². The Labute approximate surface area is 189 Å². The molecule has 0 atom stereocenters. The number of carbonyl (C=O) groups is 2. The average molecular weight is 487 g/mol. The fraction of sp³-hybridized carbons (Fsp3) is 0.211. The van der Waals surface area contributed by atoms with Crippen LogP contribution in [0, 0.1) is 0 Å². The van der Waals surface area contributed by atoms with Gasteiger partial charge in [-0.15, -0.1) is 0 Å². The molecule has 0 aliphatic rings. The van der Waals surface area contributed by atoms with Crippen molar-refractivity contribution in [2.75, 3.05) is 5.32 Å². The third kappa shape index (κ3) is 5.00. The van der Waals surface area contributed by atoms with Crippen LogP contribution in [0.3, 0.4) is 0 Å². The third-order valence-electron chi connectivity index (χ3n) is 3.98. The van der Waals surface area contributed by atoms with E-state index in [-0.39, 0.29) is 33.3 Å². The number of amides is 2. The van der Waals surface area contributed by atoms with Crippen LogP contribution >= 0.6 is 23.2 Å². The van der Waals surface area contributed by atoms with Crippen LogP contribution in [0.5, 0.6) is 0 Å². The maximum absolute atomic E-state index is 13.3. The minimum absolute atomic E-state index is 0.0231. The Morgan fingerprint density at radius 2 is 1.81 bits per heavy atom. The summed E-state index contributed by atoms with van der Waals surface area (Å²) in [6.07, 6.45) is -2.30. The van der Waals surface area contributed by atoms with Crippen LogP contribution in [0.15, 0.2) is 36.7 Å². The summed E-state index contributed by atoms with van der Waals surface area (Å²) in [6.45, 7) is 3.46. The number of halogens is 5. The molecule has 8 nitrogen and oxygen atoms in total. The van der Waals surface area contributed by atoms with Gasteiger partial charge in [-0.25, -0.2) is 14.6 Å². The summed E-state index contributed by atoms with van der Waals surface area (Å²) in [5.41, 5.74) is -2.07. The van der Waals surface area contributed by atoms with Gasteiger partial charge in [0.2, 0.25) is 0 Å². The van der Waals surface area contributed by atoms with Crippen molar-refractivity contribution in [3.05, 3.63) is 63.8 Å². The molecule has 0 saturated carbocycles. The highest BCUT2D eigenvalue weighted by Gasteiger charge is 2.37. The van der Waals surface area contributed by atoms with E-state index in [1.165, 1.54) is 30.6 Å². The maximum Gasteiger partial charge on any atom is 0.435 e. The van der Waals surface area contributed by atoms with Crippen molar-refractivity contribution < 1.29 is 22.8 Å². The van der Waals surface area contributed by atoms with Gasteiger partial charge in [-0.05, 0) is 32.0 Å². The van der Waals surface area contributed by atoms with E-state index in [0.29, 0.717) is 10.7 Å². The van der Waals surface area contributed by atoms with E-state index in [1.807, 2.05) is 0 Å². The summed E-state index contributed by atoms with van der Waals surface area (Å²) in [5.74, 6) is -1.79. The molecule has 0 radical (unpaired) electrons. The minimum Gasteiger partial charge on any atom is -0.350 e. The summed E-state index contributed by atoms with van der Waals surface area (Å²) < 4.78 is 40.6. The molecule has 168 valence electrons. The molecule has 3 aromatic rings. The van der Waals surface area contributed by atoms with Crippen LogP contribution in [0.25, 0.3) is 5.82 Å². The Balaban J connectivity index is 2.07. The number of hydrogen-bond acceptors (Lipinski definition) is 5. The fourth-order valence-electron chi connectivity index (χ4n) is 2.64. The molecule has 0 bridgehead atoms. The highest BCUT2D eigenvalue weighted by Crippen LogP contribution is 2.31. The predicted octanol–water partition coefficient (Wildman–Crippen LogP) is 4.38. The minimum atomic E-state index is -4.84. The van der Waals surface area contributed by atoms with Crippen LogP contribution in [-0.2, 0) is 6.18 Å². The first kappa shape index (κ1) is 23.5. The van der Waals surface area contributed by atoms with Crippen molar-refractivity contribution in [1.29, 1.82) is 0 Å². The molecule has 0 fully saturated rings. The van der Waals surface area contributed by atoms with E-state index >= 15 is 0 Å². The standard InChI is InChI=1S/C19H15Cl2F3N6O2/c1-9(2)27-17(31)10-5-7-25-15(21)14(10)28-18(32)12-8-13(19(22,23)24)29-30(12)16-11(20)4-3-6-26-16/h3-9H,1-2H3,(H,27,31)(H,28,32). The Hall–Kier alpha value is -3.18. The van der Waals surface area contributed by atoms with Crippen molar-refractivity contribution >= 4 is 40.7 Å². The number of rotatable bonds is 5. The SMILES string of the molecule is CC(C)NC(=O)c1ccnc(Cl)c1NC(=O)c1cc(C(F)(F)F)nn1-c1ncccc1Cl. The molecule has 3 rings (SSSR count). The second-order valence-corrected chi connectivity index (χ2v) is 7.51. The molecular weight excluding hydrogens is 472 g/mol. The largest absolute Gasteiger partial charge is 0.435 e. The van der Waals surface area contributed by atoms with Gasteiger partial charge in [-0.1, -0.05) is 23.2 Å². The second-order valence-electron chi connectivity index (χ2n) is 6.74. The zero-order chi connectivity index (χ0) is 23.6. The van der Waals surface area contributed by atoms with Gasteiger partial charge in [-0.3, -0.25) is 9.59 Å². The number of hydrogen-bond donors (Lipinski definition) is 2. The topological polar surface area (TPSA) is 102 Å². The number of nitrogens with zero attached hydrogens (tertiary/aromatic N) is 4. The van der Waals surface area contributed by atoms with Crippen molar-refractivity contribution in [3.63, 3.8) is 0 Å². The Morgan fingerprint density at radius 3 is 2.44 bits per heavy atom. The lowest BCUT2D eigenvalue weighted by Gasteiger charge is -2.14. The maximum atomic E-state index is 13.3. The second kappa shape index (κ2) is 9.13. The first-order valence-electron chi connectivity index (χ1n) is 9.04. The molecule has 0 spiro atoms. The van der Waals surface area contributed by atoms with Crippen LogP contribution in [0.2, 0.25) is 10.2 Å². The number of alkyl halides is 3. The molecule has 0 aliphatic carbocycles. The van der Waals surface area contributed by atoms with E-state index in [9.17, 15) is 22.8 Å². The summed E-state index contributed by atoms with van der Waals surface area (Å²) in [6, 6.07) is 4.48. The zero-order valence-corrected chi connectivity index (χ0v) is 18.0. The molecule has 3 aromatic heterocycles. The van der Waals surface area contributed by atoms with Crippen LogP contribution in [-0.4, -0.2) is 37.6 Å². The van der Waals surface area contributed by atoms with Gasteiger partial charge in [0.25, 0.3) is 11.8 Å². The predicted molar refractivity (Wildman–Crippen MR) is 111 cm³/mol. The summed E-state index contributed by atoms with van der Waals surface area (Å²) >= 11 is 12.1. The van der Waals surface area contributed by atoms with Crippen molar-refractivity contribution in [3.8, 4) is 5.82 Å². The summed E-state index contributed by atoms with van der Waals surface area (Å²) in [5, 5.41) is 8.18. The van der Waals surface area contributed by atoms with E-state index in [2.05, 4.69) is 25.7 Å². The number of aromatic nitrogens is 4. The van der Waals surface area contributed by atoms with Crippen LogP contribution in [0.1, 0.15) is 40.4 Å². The molecule has 3 heterocycles. The lowest BCUT2D eigenvalue weighted by atomic mass is 10.2. The molecule has 2 amide bonds. The monoisotopic (exact) mass is 486 g/mol. The first-order chi connectivity index (χ1) is 15.0. The number of nitrogens with one attached hydrogen (secondary N) is 2. The molecule has 0 aromatic carbocycles. The van der Waals surface area contributed by atoms with Gasteiger partial charge in [0.15, 0.2) is 16.7 Å². The van der Waals surface area contributed by atoms with E-state index in [4.69, 9.17) is 23.2 Å². The molecule has 0 saturated heterocycles. The average Bonchev–Trinajstić information content (AvgIpc) is 3.15. The lowest BCUT2D eigenvalue weighted by Crippen LogP contribution is -2.31. The molecule has 0 unspecified atom stereocenters. The van der Waals surface area contributed by atoms with Crippen molar-refractivity contribution in [1.82, 2.24) is 25.1 Å². The smallest absolute Gasteiger partial charge is 0.350 e. The number of anilines is 1. The van der Waals surface area contributed by atoms with Gasteiger partial charge in [0, 0.05) is 24.5 Å². The highest BCUT2D eigenvalue weighted by atomic mass is 35.5. The summed E-state index contributed by atoms with van der Waals surface area (Å²) in [4.78, 5) is 33.2. The first-order valence-corrected chi connectivity index (χ1v) is 9.79. The molecule has 13 heteroatoms. The third-order valence-corrected chi connectivity index (χ3v) is 4.56. The Morgan fingerprint density at radius 1 is 1.09 bits per heavy atom. The fourth-order valence-corrected chi connectivity index (χ4v) is 3.04. The van der Waals surface area contributed by atoms with Crippen LogP contribution in [0.4, 0.5) is 18.9 Å². The van der Waals surface area contributed by atoms with E-state index in [0.717, 1.165) is 0 Å². The van der Waals surface area contributed by atoms with Crippen molar-refractivity contribution in [2.24, 2.45) is 0 Å². The number of pyridine rings is 2.